The molecule has 10 nitrogen and oxygen atoms in total. The molecular formula is C25H26N4O6S2. The Morgan fingerprint density at radius 1 is 0.892 bits per heavy atom. The Kier molecular flexibility index (Phi) is 7.18. The Balaban J connectivity index is 1.80. The predicted molar refractivity (Wildman–Crippen MR) is 139 cm³/mol. The van der Waals surface area contributed by atoms with Crippen LogP contribution in [0.1, 0.15) is 29.8 Å². The number of aryl methyl sites for hydroxylation is 2. The van der Waals surface area contributed by atoms with Gasteiger partial charge in [0.2, 0.25) is 10.0 Å². The summed E-state index contributed by atoms with van der Waals surface area (Å²) in [6, 6.07) is 18.3. The first-order valence-corrected chi connectivity index (χ1v) is 14.3. The highest BCUT2D eigenvalue weighted by molar-refractivity contribution is 7.90. The molecule has 3 aromatic carbocycles. The van der Waals surface area contributed by atoms with E-state index in [1.54, 1.807) is 30.3 Å². The van der Waals surface area contributed by atoms with Gasteiger partial charge in [-0.25, -0.2) is 8.42 Å². The number of benzene rings is 3. The molecule has 37 heavy (non-hydrogen) atoms. The molecular weight excluding hydrogens is 516 g/mol. The second-order valence-electron chi connectivity index (χ2n) is 8.77. The van der Waals surface area contributed by atoms with E-state index in [4.69, 9.17) is 0 Å². The minimum atomic E-state index is -4.08. The van der Waals surface area contributed by atoms with Crippen molar-refractivity contribution in [1.29, 1.82) is 0 Å². The van der Waals surface area contributed by atoms with E-state index < -0.39 is 31.1 Å². The summed E-state index contributed by atoms with van der Waals surface area (Å²) >= 11 is 0. The molecule has 1 aliphatic rings. The molecule has 0 amide bonds. The van der Waals surface area contributed by atoms with E-state index in [0.29, 0.717) is 5.56 Å². The largest absolute Gasteiger partial charge is 0.337 e. The van der Waals surface area contributed by atoms with Crippen LogP contribution in [-0.2, 0) is 20.0 Å². The van der Waals surface area contributed by atoms with Crippen LogP contribution >= 0.6 is 0 Å². The topological polar surface area (TPSA) is 130 Å². The first-order valence-electron chi connectivity index (χ1n) is 11.4. The van der Waals surface area contributed by atoms with Crippen LogP contribution < -0.4 is 0 Å². The standard InChI is InChI=1S/C25H26N4O6S2/c1-18-7-11-23(12-8-18)36(32,33)26-20(3)27-15-16-28(37(34,35)24-13-9-19(2)10-14-24)25(27)21-5-4-6-22(17-21)29(30)31/h4-14,17,25H,15-16H2,1-3H3/t25-/m0/s1. The Morgan fingerprint density at radius 3 is 2.03 bits per heavy atom. The van der Waals surface area contributed by atoms with E-state index >= 15 is 0 Å². The van der Waals surface area contributed by atoms with Crippen LogP contribution in [0.5, 0.6) is 0 Å². The monoisotopic (exact) mass is 542 g/mol. The molecule has 3 aromatic rings. The number of non-ortho nitro benzene ring substituents is 1. The van der Waals surface area contributed by atoms with Crippen LogP contribution in [0.4, 0.5) is 5.69 Å². The van der Waals surface area contributed by atoms with Crippen LogP contribution in [0.15, 0.2) is 87.0 Å². The second-order valence-corrected chi connectivity index (χ2v) is 12.3. The van der Waals surface area contributed by atoms with Crippen molar-refractivity contribution in [3.8, 4) is 0 Å². The molecule has 1 saturated heterocycles. The molecule has 0 aromatic heterocycles. The fourth-order valence-electron chi connectivity index (χ4n) is 4.18. The van der Waals surface area contributed by atoms with Crippen LogP contribution in [-0.4, -0.2) is 49.9 Å². The van der Waals surface area contributed by atoms with Gasteiger partial charge in [-0.05, 0) is 50.6 Å². The number of rotatable bonds is 6. The fourth-order valence-corrected chi connectivity index (χ4v) is 6.79. The molecule has 1 fully saturated rings. The highest BCUT2D eigenvalue weighted by Gasteiger charge is 2.42. The fraction of sp³-hybridized carbons (Fsp3) is 0.240. The number of nitro groups is 1. The van der Waals surface area contributed by atoms with Gasteiger partial charge in [0, 0.05) is 25.2 Å². The first kappa shape index (κ1) is 26.5. The summed E-state index contributed by atoms with van der Waals surface area (Å²) in [6.07, 6.45) is -1.04. The third-order valence-electron chi connectivity index (χ3n) is 6.12. The van der Waals surface area contributed by atoms with Crippen LogP contribution in [0.3, 0.4) is 0 Å². The predicted octanol–water partition coefficient (Wildman–Crippen LogP) is 4.02. The molecule has 0 saturated carbocycles. The molecule has 4 rings (SSSR count). The van der Waals surface area contributed by atoms with Crippen LogP contribution in [0.2, 0.25) is 0 Å². The molecule has 0 aliphatic carbocycles. The quantitative estimate of drug-likeness (QED) is 0.199. The van der Waals surface area contributed by atoms with E-state index in [0.717, 1.165) is 11.1 Å². The Bertz CT molecular complexity index is 1570. The van der Waals surface area contributed by atoms with Crippen molar-refractivity contribution in [3.05, 3.63) is 99.6 Å². The number of amidine groups is 1. The lowest BCUT2D eigenvalue weighted by Crippen LogP contribution is -2.37. The number of nitro benzene ring substituents is 1. The van der Waals surface area contributed by atoms with Gasteiger partial charge in [-0.1, -0.05) is 47.5 Å². The van der Waals surface area contributed by atoms with Crippen molar-refractivity contribution in [2.24, 2.45) is 4.40 Å². The summed E-state index contributed by atoms with van der Waals surface area (Å²) in [5.41, 5.74) is 1.90. The molecule has 194 valence electrons. The van der Waals surface area contributed by atoms with Gasteiger partial charge in [0.25, 0.3) is 15.7 Å². The summed E-state index contributed by atoms with van der Waals surface area (Å²) in [5.74, 6) is 0.0682. The summed E-state index contributed by atoms with van der Waals surface area (Å²) in [4.78, 5) is 12.5. The molecule has 0 radical (unpaired) electrons. The van der Waals surface area contributed by atoms with Gasteiger partial charge < -0.3 is 4.90 Å². The van der Waals surface area contributed by atoms with Gasteiger partial charge in [-0.15, -0.1) is 4.40 Å². The van der Waals surface area contributed by atoms with Gasteiger partial charge >= 0.3 is 0 Å². The Labute approximate surface area is 216 Å². The summed E-state index contributed by atoms with van der Waals surface area (Å²) < 4.78 is 58.5. The molecule has 12 heteroatoms. The Morgan fingerprint density at radius 2 is 1.46 bits per heavy atom. The lowest BCUT2D eigenvalue weighted by atomic mass is 10.1. The van der Waals surface area contributed by atoms with Gasteiger partial charge in [0.1, 0.15) is 12.0 Å². The number of hydrogen-bond donors (Lipinski definition) is 0. The molecule has 1 atom stereocenters. The zero-order valence-corrected chi connectivity index (χ0v) is 22.1. The average molecular weight is 543 g/mol. The molecule has 0 N–H and O–H groups in total. The highest BCUT2D eigenvalue weighted by atomic mass is 32.2. The van der Waals surface area contributed by atoms with Gasteiger partial charge in [0.05, 0.1) is 14.7 Å². The van der Waals surface area contributed by atoms with E-state index in [9.17, 15) is 26.9 Å². The maximum Gasteiger partial charge on any atom is 0.283 e. The SMILES string of the molecule is CC(=NS(=O)(=O)c1ccc(C)cc1)N1CCN(S(=O)(=O)c2ccc(C)cc2)[C@H]1c1cccc([N+](=O)[O-])c1. The second kappa shape index (κ2) is 10.0. The lowest BCUT2D eigenvalue weighted by Gasteiger charge is -2.31. The van der Waals surface area contributed by atoms with E-state index in [1.807, 2.05) is 13.8 Å². The van der Waals surface area contributed by atoms with Crippen molar-refractivity contribution < 1.29 is 21.8 Å². The molecule has 1 aliphatic heterocycles. The lowest BCUT2D eigenvalue weighted by molar-refractivity contribution is -0.385. The zero-order chi connectivity index (χ0) is 27.0. The van der Waals surface area contributed by atoms with E-state index in [1.165, 1.54) is 58.6 Å². The van der Waals surface area contributed by atoms with E-state index in [2.05, 4.69) is 4.40 Å². The highest BCUT2D eigenvalue weighted by Crippen LogP contribution is 2.36. The first-order chi connectivity index (χ1) is 17.4. The average Bonchev–Trinajstić information content (AvgIpc) is 3.31. The zero-order valence-electron chi connectivity index (χ0n) is 20.5. The third-order valence-corrected chi connectivity index (χ3v) is 9.36. The number of sulfonamides is 2. The van der Waals surface area contributed by atoms with Gasteiger partial charge in [-0.2, -0.15) is 12.7 Å². The van der Waals surface area contributed by atoms with Crippen molar-refractivity contribution in [2.75, 3.05) is 13.1 Å². The third kappa shape index (κ3) is 5.41. The maximum atomic E-state index is 13.7. The van der Waals surface area contributed by atoms with Crippen LogP contribution in [0, 0.1) is 24.0 Å². The van der Waals surface area contributed by atoms with Crippen molar-refractivity contribution in [3.63, 3.8) is 0 Å². The number of hydrogen-bond acceptors (Lipinski definition) is 6. The number of nitrogens with zero attached hydrogens (tertiary/aromatic N) is 4. The van der Waals surface area contributed by atoms with Crippen LogP contribution in [0.25, 0.3) is 0 Å². The van der Waals surface area contributed by atoms with Crippen molar-refractivity contribution in [1.82, 2.24) is 9.21 Å². The molecule has 1 heterocycles. The van der Waals surface area contributed by atoms with Gasteiger partial charge in [0.15, 0.2) is 0 Å². The minimum absolute atomic E-state index is 0.00711. The van der Waals surface area contributed by atoms with Crippen molar-refractivity contribution in [2.45, 2.75) is 36.7 Å². The van der Waals surface area contributed by atoms with E-state index in [-0.39, 0.29) is 34.4 Å². The molecule has 0 spiro atoms. The molecule has 0 bridgehead atoms. The summed E-state index contributed by atoms with van der Waals surface area (Å²) in [7, 11) is -8.12. The smallest absolute Gasteiger partial charge is 0.283 e. The molecule has 0 unspecified atom stereocenters. The normalized spacial score (nSPS) is 17.2. The minimum Gasteiger partial charge on any atom is -0.337 e. The van der Waals surface area contributed by atoms with Crippen molar-refractivity contribution >= 4 is 31.6 Å². The summed E-state index contributed by atoms with van der Waals surface area (Å²) in [5, 5.41) is 11.4. The maximum absolute atomic E-state index is 13.7. The summed E-state index contributed by atoms with van der Waals surface area (Å²) in [6.45, 7) is 5.33. The van der Waals surface area contributed by atoms with Gasteiger partial charge in [-0.3, -0.25) is 10.1 Å². The Hall–Kier alpha value is -3.61.